The molecule has 0 amide bonds. The highest BCUT2D eigenvalue weighted by molar-refractivity contribution is 4.98. The zero-order valence-corrected chi connectivity index (χ0v) is 9.56. The molecule has 2 nitrogen and oxygen atoms in total. The SMILES string of the molecule is C=C([C@H](C)CNC)N(CC)CCC. The molecule has 0 unspecified atom stereocenters. The molecular weight excluding hydrogens is 160 g/mol. The molecule has 0 saturated carbocycles. The minimum atomic E-state index is 0.538. The lowest BCUT2D eigenvalue weighted by molar-refractivity contribution is 0.321. The van der Waals surface area contributed by atoms with Crippen molar-refractivity contribution >= 4 is 0 Å². The standard InChI is InChI=1S/C11H24N2/c1-6-8-13(7-2)11(4)10(3)9-12-5/h10,12H,4,6-9H2,1-3,5H3/t10-/m1/s1. The van der Waals surface area contributed by atoms with Crippen LogP contribution in [0.4, 0.5) is 0 Å². The van der Waals surface area contributed by atoms with Gasteiger partial charge in [-0.1, -0.05) is 20.4 Å². The van der Waals surface area contributed by atoms with Crippen LogP contribution in [-0.4, -0.2) is 31.6 Å². The Bertz CT molecular complexity index is 143. The first-order valence-electron chi connectivity index (χ1n) is 5.25. The van der Waals surface area contributed by atoms with Gasteiger partial charge in [0.15, 0.2) is 0 Å². The Kier molecular flexibility index (Phi) is 6.69. The molecular formula is C11H24N2. The molecule has 0 saturated heterocycles. The third-order valence-corrected chi connectivity index (χ3v) is 2.36. The van der Waals surface area contributed by atoms with Crippen LogP contribution in [0.3, 0.4) is 0 Å². The van der Waals surface area contributed by atoms with Crippen LogP contribution < -0.4 is 5.32 Å². The van der Waals surface area contributed by atoms with E-state index in [1.807, 2.05) is 7.05 Å². The molecule has 78 valence electrons. The van der Waals surface area contributed by atoms with Crippen molar-refractivity contribution in [1.82, 2.24) is 10.2 Å². The zero-order chi connectivity index (χ0) is 10.3. The van der Waals surface area contributed by atoms with Gasteiger partial charge in [0.2, 0.25) is 0 Å². The maximum Gasteiger partial charge on any atom is 0.0172 e. The molecule has 13 heavy (non-hydrogen) atoms. The molecule has 2 heteroatoms. The molecule has 0 fully saturated rings. The third kappa shape index (κ3) is 4.32. The molecule has 0 aliphatic heterocycles. The number of hydrogen-bond acceptors (Lipinski definition) is 2. The lowest BCUT2D eigenvalue weighted by atomic mass is 10.1. The number of rotatable bonds is 7. The molecule has 1 atom stereocenters. The molecule has 0 aliphatic rings. The largest absolute Gasteiger partial charge is 0.375 e. The van der Waals surface area contributed by atoms with E-state index in [1.165, 1.54) is 12.1 Å². The van der Waals surface area contributed by atoms with E-state index < -0.39 is 0 Å². The summed E-state index contributed by atoms with van der Waals surface area (Å²) in [6.07, 6.45) is 1.19. The Balaban J connectivity index is 4.02. The van der Waals surface area contributed by atoms with Crippen LogP contribution in [0.1, 0.15) is 27.2 Å². The third-order valence-electron chi connectivity index (χ3n) is 2.36. The van der Waals surface area contributed by atoms with E-state index >= 15 is 0 Å². The van der Waals surface area contributed by atoms with Gasteiger partial charge in [0.05, 0.1) is 0 Å². The lowest BCUT2D eigenvalue weighted by Crippen LogP contribution is -2.30. The maximum atomic E-state index is 4.15. The normalized spacial score (nSPS) is 12.6. The van der Waals surface area contributed by atoms with Crippen molar-refractivity contribution in [2.24, 2.45) is 5.92 Å². The van der Waals surface area contributed by atoms with Gasteiger partial charge in [-0.25, -0.2) is 0 Å². The van der Waals surface area contributed by atoms with Gasteiger partial charge in [0.25, 0.3) is 0 Å². The molecule has 0 spiro atoms. The predicted molar refractivity (Wildman–Crippen MR) is 59.8 cm³/mol. The van der Waals surface area contributed by atoms with Crippen LogP contribution >= 0.6 is 0 Å². The summed E-state index contributed by atoms with van der Waals surface area (Å²) >= 11 is 0. The summed E-state index contributed by atoms with van der Waals surface area (Å²) in [6.45, 7) is 14.0. The van der Waals surface area contributed by atoms with Crippen molar-refractivity contribution in [2.75, 3.05) is 26.7 Å². The molecule has 0 rings (SSSR count). The predicted octanol–water partition coefficient (Wildman–Crippen LogP) is 2.09. The molecule has 0 aromatic rings. The second kappa shape index (κ2) is 6.96. The van der Waals surface area contributed by atoms with Gasteiger partial charge in [-0.15, -0.1) is 0 Å². The van der Waals surface area contributed by atoms with E-state index in [0.29, 0.717) is 5.92 Å². The average Bonchev–Trinajstić information content (AvgIpc) is 2.13. The number of nitrogens with one attached hydrogen (secondary N) is 1. The van der Waals surface area contributed by atoms with Gasteiger partial charge < -0.3 is 10.2 Å². The lowest BCUT2D eigenvalue weighted by Gasteiger charge is -2.28. The van der Waals surface area contributed by atoms with Crippen LogP contribution in [0.5, 0.6) is 0 Å². The van der Waals surface area contributed by atoms with E-state index in [-0.39, 0.29) is 0 Å². The zero-order valence-electron chi connectivity index (χ0n) is 9.56. The van der Waals surface area contributed by atoms with Gasteiger partial charge in [0.1, 0.15) is 0 Å². The van der Waals surface area contributed by atoms with Crippen LogP contribution in [0.2, 0.25) is 0 Å². The van der Waals surface area contributed by atoms with Crippen molar-refractivity contribution in [3.8, 4) is 0 Å². The van der Waals surface area contributed by atoms with E-state index in [1.54, 1.807) is 0 Å². The molecule has 1 N–H and O–H groups in total. The number of hydrogen-bond donors (Lipinski definition) is 1. The van der Waals surface area contributed by atoms with E-state index in [2.05, 4.69) is 37.6 Å². The minimum absolute atomic E-state index is 0.538. The van der Waals surface area contributed by atoms with Gasteiger partial charge in [0, 0.05) is 31.2 Å². The van der Waals surface area contributed by atoms with Gasteiger partial charge in [-0.05, 0) is 20.4 Å². The Morgan fingerprint density at radius 1 is 1.46 bits per heavy atom. The maximum absolute atomic E-state index is 4.15. The summed E-state index contributed by atoms with van der Waals surface area (Å²) in [6, 6.07) is 0. The van der Waals surface area contributed by atoms with Crippen LogP contribution in [0.15, 0.2) is 12.3 Å². The molecule has 0 radical (unpaired) electrons. The first kappa shape index (κ1) is 12.5. The Morgan fingerprint density at radius 2 is 2.08 bits per heavy atom. The quantitative estimate of drug-likeness (QED) is 0.652. The number of nitrogens with zero attached hydrogens (tertiary/aromatic N) is 1. The first-order chi connectivity index (χ1) is 6.17. The molecule has 0 bridgehead atoms. The fraction of sp³-hybridized carbons (Fsp3) is 0.818. The van der Waals surface area contributed by atoms with Crippen LogP contribution in [0, 0.1) is 5.92 Å². The molecule has 0 aromatic carbocycles. The van der Waals surface area contributed by atoms with Crippen molar-refractivity contribution in [3.05, 3.63) is 12.3 Å². The van der Waals surface area contributed by atoms with E-state index in [4.69, 9.17) is 0 Å². The second-order valence-corrected chi connectivity index (χ2v) is 3.53. The molecule has 0 heterocycles. The topological polar surface area (TPSA) is 15.3 Å². The Morgan fingerprint density at radius 3 is 2.46 bits per heavy atom. The average molecular weight is 184 g/mol. The molecule has 0 aliphatic carbocycles. The highest BCUT2D eigenvalue weighted by Crippen LogP contribution is 2.12. The summed E-state index contributed by atoms with van der Waals surface area (Å²) < 4.78 is 0. The van der Waals surface area contributed by atoms with Gasteiger partial charge in [-0.3, -0.25) is 0 Å². The minimum Gasteiger partial charge on any atom is -0.375 e. The fourth-order valence-electron chi connectivity index (χ4n) is 1.51. The fourth-order valence-corrected chi connectivity index (χ4v) is 1.51. The monoisotopic (exact) mass is 184 g/mol. The van der Waals surface area contributed by atoms with E-state index in [0.717, 1.165) is 19.6 Å². The van der Waals surface area contributed by atoms with Crippen LogP contribution in [0.25, 0.3) is 0 Å². The van der Waals surface area contributed by atoms with Crippen molar-refractivity contribution in [2.45, 2.75) is 27.2 Å². The summed E-state index contributed by atoms with van der Waals surface area (Å²) in [4.78, 5) is 2.36. The summed E-state index contributed by atoms with van der Waals surface area (Å²) in [5.41, 5.74) is 1.26. The van der Waals surface area contributed by atoms with Crippen LogP contribution in [-0.2, 0) is 0 Å². The Labute approximate surface area is 83.0 Å². The first-order valence-corrected chi connectivity index (χ1v) is 5.25. The Hall–Kier alpha value is -0.500. The van der Waals surface area contributed by atoms with Crippen molar-refractivity contribution in [1.29, 1.82) is 0 Å². The smallest absolute Gasteiger partial charge is 0.0172 e. The highest BCUT2D eigenvalue weighted by Gasteiger charge is 2.10. The summed E-state index contributed by atoms with van der Waals surface area (Å²) in [5.74, 6) is 0.538. The van der Waals surface area contributed by atoms with E-state index in [9.17, 15) is 0 Å². The second-order valence-electron chi connectivity index (χ2n) is 3.53. The van der Waals surface area contributed by atoms with Crippen molar-refractivity contribution in [3.63, 3.8) is 0 Å². The molecule has 0 aromatic heterocycles. The van der Waals surface area contributed by atoms with Crippen molar-refractivity contribution < 1.29 is 0 Å². The summed E-state index contributed by atoms with van der Waals surface area (Å²) in [5, 5.41) is 3.18. The highest BCUT2D eigenvalue weighted by atomic mass is 15.1. The van der Waals surface area contributed by atoms with Gasteiger partial charge in [-0.2, -0.15) is 0 Å². The van der Waals surface area contributed by atoms with Gasteiger partial charge >= 0.3 is 0 Å². The summed E-state index contributed by atoms with van der Waals surface area (Å²) in [7, 11) is 1.99.